The summed E-state index contributed by atoms with van der Waals surface area (Å²) in [6.07, 6.45) is 0.0479. The summed E-state index contributed by atoms with van der Waals surface area (Å²) in [5, 5.41) is 0.798. The van der Waals surface area contributed by atoms with Gasteiger partial charge in [-0.1, -0.05) is 11.3 Å². The van der Waals surface area contributed by atoms with E-state index in [1.807, 2.05) is 27.7 Å². The van der Waals surface area contributed by atoms with Crippen molar-refractivity contribution in [3.05, 3.63) is 5.36 Å². The van der Waals surface area contributed by atoms with Gasteiger partial charge in [-0.3, -0.25) is 0 Å². The van der Waals surface area contributed by atoms with Crippen LogP contribution in [0.2, 0.25) is 0 Å². The van der Waals surface area contributed by atoms with Crippen LogP contribution < -0.4 is 10.3 Å². The van der Waals surface area contributed by atoms with E-state index < -0.39 is 18.3 Å². The molecule has 2 aliphatic heterocycles. The molecule has 0 unspecified atom stereocenters. The second-order valence-corrected chi connectivity index (χ2v) is 6.59. The highest BCUT2D eigenvalue weighted by Gasteiger charge is 2.52. The molecule has 2 saturated heterocycles. The van der Waals surface area contributed by atoms with Crippen LogP contribution >= 0.6 is 11.3 Å². The van der Waals surface area contributed by atoms with E-state index in [2.05, 4.69) is 4.98 Å². The maximum Gasteiger partial charge on any atom is 0.515 e. The summed E-state index contributed by atoms with van der Waals surface area (Å²) in [6.45, 7) is 9.08. The molecule has 0 saturated carbocycles. The fraction of sp³-hybridized carbons (Fsp3) is 0.750. The molecule has 0 aromatic carbocycles. The van der Waals surface area contributed by atoms with E-state index in [9.17, 15) is 0 Å². The first kappa shape index (κ1) is 12.1. The van der Waals surface area contributed by atoms with Gasteiger partial charge in [0.25, 0.3) is 5.19 Å². The van der Waals surface area contributed by atoms with E-state index >= 15 is 0 Å². The standard InChI is InChI=1S/C12H18BNO4S/c1-11(2)12(3,4)18-13(17-11)9-7-19-10(14-9)16-8-5-15-6-8/h7-8H,5-6H2,1-4H3/i7D. The summed E-state index contributed by atoms with van der Waals surface area (Å²) in [4.78, 5) is 4.35. The molecule has 2 fully saturated rings. The minimum absolute atomic E-state index is 0.0479. The van der Waals surface area contributed by atoms with Crippen molar-refractivity contribution in [3.63, 3.8) is 0 Å². The largest absolute Gasteiger partial charge is 0.515 e. The SMILES string of the molecule is [2H]c1sc(OC2COC2)nc1B1OC(C)(C)C(C)(C)O1. The van der Waals surface area contributed by atoms with Gasteiger partial charge in [0.1, 0.15) is 6.10 Å². The molecule has 3 rings (SSSR count). The van der Waals surface area contributed by atoms with E-state index in [-0.39, 0.29) is 6.10 Å². The van der Waals surface area contributed by atoms with E-state index in [0.29, 0.717) is 29.4 Å². The molecule has 1 aromatic heterocycles. The summed E-state index contributed by atoms with van der Waals surface area (Å²) in [5.74, 6) is 0. The summed E-state index contributed by atoms with van der Waals surface area (Å²) < 4.78 is 30.5. The van der Waals surface area contributed by atoms with Crippen LogP contribution in [0, 0.1) is 0 Å². The Bertz CT molecular complexity index is 502. The quantitative estimate of drug-likeness (QED) is 0.781. The molecule has 104 valence electrons. The lowest BCUT2D eigenvalue weighted by Crippen LogP contribution is -2.41. The van der Waals surface area contributed by atoms with Crippen molar-refractivity contribution < 1.29 is 20.2 Å². The van der Waals surface area contributed by atoms with Crippen LogP contribution in [0.25, 0.3) is 0 Å². The highest BCUT2D eigenvalue weighted by atomic mass is 32.1. The summed E-state index contributed by atoms with van der Waals surface area (Å²) in [6, 6.07) is 0. The van der Waals surface area contributed by atoms with Crippen LogP contribution in [-0.4, -0.2) is 42.6 Å². The number of hydrogen-bond acceptors (Lipinski definition) is 6. The molecule has 0 spiro atoms. The molecular formula is C12H18BNO4S. The third-order valence-electron chi connectivity index (χ3n) is 3.81. The van der Waals surface area contributed by atoms with Crippen LogP contribution in [0.5, 0.6) is 5.19 Å². The zero-order valence-corrected chi connectivity index (χ0v) is 12.4. The number of ether oxygens (including phenoxy) is 2. The summed E-state index contributed by atoms with van der Waals surface area (Å²) >= 11 is 1.20. The molecule has 7 heteroatoms. The Morgan fingerprint density at radius 3 is 2.53 bits per heavy atom. The third kappa shape index (κ3) is 2.40. The van der Waals surface area contributed by atoms with Crippen molar-refractivity contribution in [1.29, 1.82) is 0 Å². The molecule has 0 bridgehead atoms. The molecule has 0 amide bonds. The van der Waals surface area contributed by atoms with Crippen LogP contribution in [0.1, 0.15) is 29.1 Å². The Kier molecular flexibility index (Phi) is 2.84. The maximum absolute atomic E-state index is 8.02. The highest BCUT2D eigenvalue weighted by molar-refractivity contribution is 7.12. The van der Waals surface area contributed by atoms with Crippen molar-refractivity contribution in [3.8, 4) is 5.19 Å². The molecule has 0 atom stereocenters. The Morgan fingerprint density at radius 2 is 2.00 bits per heavy atom. The number of hydrogen-bond donors (Lipinski definition) is 0. The Morgan fingerprint density at radius 1 is 1.37 bits per heavy atom. The topological polar surface area (TPSA) is 49.8 Å². The van der Waals surface area contributed by atoms with Gasteiger partial charge in [-0.15, -0.1) is 0 Å². The summed E-state index contributed by atoms with van der Waals surface area (Å²) in [7, 11) is -0.612. The zero-order chi connectivity index (χ0) is 14.5. The number of thiazole rings is 1. The fourth-order valence-electron chi connectivity index (χ4n) is 1.77. The van der Waals surface area contributed by atoms with Crippen molar-refractivity contribution in [2.45, 2.75) is 45.0 Å². The van der Waals surface area contributed by atoms with E-state index in [0.717, 1.165) is 0 Å². The van der Waals surface area contributed by atoms with Crippen LogP contribution in [-0.2, 0) is 14.0 Å². The molecule has 19 heavy (non-hydrogen) atoms. The van der Waals surface area contributed by atoms with Crippen LogP contribution in [0.4, 0.5) is 0 Å². The highest BCUT2D eigenvalue weighted by Crippen LogP contribution is 2.36. The van der Waals surface area contributed by atoms with Gasteiger partial charge >= 0.3 is 7.12 Å². The lowest BCUT2D eigenvalue weighted by molar-refractivity contribution is -0.0796. The van der Waals surface area contributed by atoms with Gasteiger partial charge in [-0.25, -0.2) is 4.98 Å². The maximum atomic E-state index is 8.02. The average Bonchev–Trinajstić information content (AvgIpc) is 2.72. The van der Waals surface area contributed by atoms with Crippen LogP contribution in [0.3, 0.4) is 0 Å². The third-order valence-corrected chi connectivity index (χ3v) is 4.48. The van der Waals surface area contributed by atoms with Crippen LogP contribution in [0.15, 0.2) is 5.36 Å². The first-order valence-electron chi connectivity index (χ1n) is 6.86. The number of aromatic nitrogens is 1. The zero-order valence-electron chi connectivity index (χ0n) is 12.6. The molecule has 0 radical (unpaired) electrons. The van der Waals surface area contributed by atoms with E-state index in [1.165, 1.54) is 11.3 Å². The molecule has 0 N–H and O–H groups in total. The lowest BCUT2D eigenvalue weighted by atomic mass is 9.86. The lowest BCUT2D eigenvalue weighted by Gasteiger charge is -2.32. The first-order valence-corrected chi connectivity index (χ1v) is 7.17. The van der Waals surface area contributed by atoms with E-state index in [4.69, 9.17) is 20.2 Å². The van der Waals surface area contributed by atoms with Crippen molar-refractivity contribution in [2.24, 2.45) is 0 Å². The second kappa shape index (κ2) is 4.44. The first-order chi connectivity index (χ1) is 9.28. The van der Waals surface area contributed by atoms with Gasteiger partial charge in [0.2, 0.25) is 0 Å². The Balaban J connectivity index is 1.77. The van der Waals surface area contributed by atoms with Crippen molar-refractivity contribution in [2.75, 3.05) is 13.2 Å². The van der Waals surface area contributed by atoms with Gasteiger partial charge in [0.05, 0.1) is 31.4 Å². The Labute approximate surface area is 118 Å². The molecular weight excluding hydrogens is 265 g/mol. The monoisotopic (exact) mass is 284 g/mol. The average molecular weight is 284 g/mol. The van der Waals surface area contributed by atoms with Gasteiger partial charge in [0.15, 0.2) is 0 Å². The second-order valence-electron chi connectivity index (χ2n) is 5.83. The van der Waals surface area contributed by atoms with Crippen molar-refractivity contribution >= 4 is 24.0 Å². The van der Waals surface area contributed by atoms with Gasteiger partial charge < -0.3 is 18.8 Å². The minimum Gasteiger partial charge on any atom is -0.462 e. The van der Waals surface area contributed by atoms with E-state index in [1.54, 1.807) is 0 Å². The summed E-state index contributed by atoms with van der Waals surface area (Å²) in [5.41, 5.74) is -0.378. The normalized spacial score (nSPS) is 26.1. The predicted octanol–water partition coefficient (Wildman–Crippen LogP) is 1.22. The molecule has 0 aliphatic carbocycles. The minimum atomic E-state index is -0.612. The van der Waals surface area contributed by atoms with Gasteiger partial charge in [0, 0.05) is 5.36 Å². The Hall–Kier alpha value is -0.625. The number of nitrogens with zero attached hydrogens (tertiary/aromatic N) is 1. The predicted molar refractivity (Wildman–Crippen MR) is 73.1 cm³/mol. The number of rotatable bonds is 3. The smallest absolute Gasteiger partial charge is 0.462 e. The molecule has 1 aromatic rings. The molecule has 2 aliphatic rings. The van der Waals surface area contributed by atoms with Crippen molar-refractivity contribution in [1.82, 2.24) is 4.98 Å². The van der Waals surface area contributed by atoms with Gasteiger partial charge in [-0.2, -0.15) is 0 Å². The van der Waals surface area contributed by atoms with Gasteiger partial charge in [-0.05, 0) is 27.7 Å². The molecule has 3 heterocycles. The molecule has 5 nitrogen and oxygen atoms in total. The fourth-order valence-corrected chi connectivity index (χ4v) is 2.43.